The van der Waals surface area contributed by atoms with Gasteiger partial charge in [0.05, 0.1) is 17.1 Å². The summed E-state index contributed by atoms with van der Waals surface area (Å²) in [5.41, 5.74) is 11.1. The van der Waals surface area contributed by atoms with Crippen LogP contribution in [0, 0.1) is 6.07 Å². The molecule has 0 unspecified atom stereocenters. The first kappa shape index (κ1) is 37.7. The Morgan fingerprint density at radius 2 is 1.20 bits per heavy atom. The first-order valence-corrected chi connectivity index (χ1v) is 17.4. The van der Waals surface area contributed by atoms with E-state index in [-0.39, 0.29) is 43.1 Å². The maximum absolute atomic E-state index is 10.7. The fourth-order valence-electron chi connectivity index (χ4n) is 6.05. The molecule has 0 saturated carbocycles. The Kier molecular flexibility index (Phi) is 10.8. The second-order valence-electron chi connectivity index (χ2n) is 16.2. The van der Waals surface area contributed by atoms with Gasteiger partial charge in [0.25, 0.3) is 0 Å². The van der Waals surface area contributed by atoms with Crippen molar-refractivity contribution in [3.8, 4) is 39.4 Å². The van der Waals surface area contributed by atoms with Crippen LogP contribution in [0.15, 0.2) is 121 Å². The smallest absolute Gasteiger partial charge is 0.136 e. The van der Waals surface area contributed by atoms with Crippen LogP contribution in [-0.4, -0.2) is 15.1 Å². The molecule has 4 nitrogen and oxygen atoms in total. The molecule has 6 aromatic rings. The van der Waals surface area contributed by atoms with E-state index in [1.165, 1.54) is 22.3 Å². The predicted molar refractivity (Wildman–Crippen MR) is 210 cm³/mol. The molecule has 0 saturated heterocycles. The maximum Gasteiger partial charge on any atom is 0.136 e. The minimum absolute atomic E-state index is 0. The van der Waals surface area contributed by atoms with E-state index in [1.54, 1.807) is 6.07 Å². The average Bonchev–Trinajstić information content (AvgIpc) is 3.08. The first-order chi connectivity index (χ1) is 23.6. The zero-order valence-electron chi connectivity index (χ0n) is 31.2. The molecule has 0 spiro atoms. The van der Waals surface area contributed by atoms with Gasteiger partial charge in [0.1, 0.15) is 5.82 Å². The molecule has 2 heterocycles. The molecule has 1 N–H and O–H groups in total. The molecule has 6 rings (SSSR count). The van der Waals surface area contributed by atoms with E-state index < -0.39 is 0 Å². The van der Waals surface area contributed by atoms with E-state index in [4.69, 9.17) is 9.97 Å². The molecule has 0 aliphatic heterocycles. The Balaban J connectivity index is 0.00000504. The van der Waals surface area contributed by atoms with Gasteiger partial charge in [0.15, 0.2) is 0 Å². The number of hydrogen-bond acceptors (Lipinski definition) is 4. The third-order valence-electron chi connectivity index (χ3n) is 9.19. The zero-order valence-corrected chi connectivity index (χ0v) is 33.4. The Labute approximate surface area is 318 Å². The van der Waals surface area contributed by atoms with Crippen LogP contribution >= 0.6 is 0 Å². The summed E-state index contributed by atoms with van der Waals surface area (Å²) < 4.78 is 0. The van der Waals surface area contributed by atoms with Crippen molar-refractivity contribution in [2.24, 2.45) is 0 Å². The molecular weight excluding hydrogens is 806 g/mol. The number of phenolic OH excluding ortho intramolecular Hbond substituents is 1. The van der Waals surface area contributed by atoms with Gasteiger partial charge in [0, 0.05) is 32.9 Å². The number of rotatable bonds is 6. The summed E-state index contributed by atoms with van der Waals surface area (Å²) in [6, 6.07) is 42.9. The van der Waals surface area contributed by atoms with Crippen molar-refractivity contribution >= 4 is 17.2 Å². The first-order valence-electron chi connectivity index (χ1n) is 17.4. The zero-order chi connectivity index (χ0) is 35.8. The second kappa shape index (κ2) is 14.6. The van der Waals surface area contributed by atoms with Crippen LogP contribution in [0.25, 0.3) is 33.6 Å². The van der Waals surface area contributed by atoms with Gasteiger partial charge in [-0.25, -0.2) is 4.98 Å². The maximum atomic E-state index is 10.7. The predicted octanol–water partition coefficient (Wildman–Crippen LogP) is 12.3. The van der Waals surface area contributed by atoms with E-state index in [1.807, 2.05) is 60.8 Å². The van der Waals surface area contributed by atoms with Crippen LogP contribution in [0.4, 0.5) is 17.2 Å². The van der Waals surface area contributed by atoms with E-state index in [2.05, 4.69) is 128 Å². The van der Waals surface area contributed by atoms with Crippen molar-refractivity contribution in [3.05, 3.63) is 144 Å². The van der Waals surface area contributed by atoms with E-state index >= 15 is 0 Å². The molecule has 4 aromatic carbocycles. The number of aromatic nitrogens is 2. The topological polar surface area (TPSA) is 49.2 Å². The number of para-hydroxylation sites is 1. The summed E-state index contributed by atoms with van der Waals surface area (Å²) in [4.78, 5) is 12.2. The van der Waals surface area contributed by atoms with Crippen LogP contribution in [0.2, 0.25) is 0 Å². The monoisotopic (exact) mass is 853 g/mol. The number of nitrogens with zero attached hydrogens (tertiary/aromatic N) is 3. The molecule has 0 radical (unpaired) electrons. The Hall–Kier alpha value is -4.53. The number of anilines is 3. The van der Waals surface area contributed by atoms with E-state index in [0.717, 1.165) is 45.3 Å². The average molecular weight is 854 g/mol. The Bertz CT molecular complexity index is 2100. The summed E-state index contributed by atoms with van der Waals surface area (Å²) in [6.45, 7) is 20.3. The van der Waals surface area contributed by atoms with Gasteiger partial charge < -0.3 is 10.0 Å². The molecule has 0 fully saturated rings. The molecule has 51 heavy (non-hydrogen) atoms. The summed E-state index contributed by atoms with van der Waals surface area (Å²) in [5, 5.41) is 10.7. The minimum Gasteiger partial charge on any atom is -0.517 e. The summed E-state index contributed by atoms with van der Waals surface area (Å²) in [7, 11) is 0. The largest absolute Gasteiger partial charge is 0.517 e. The molecule has 0 bridgehead atoms. The molecule has 0 aliphatic carbocycles. The van der Waals surface area contributed by atoms with E-state index in [9.17, 15) is 5.11 Å². The van der Waals surface area contributed by atoms with Gasteiger partial charge in [0.2, 0.25) is 0 Å². The van der Waals surface area contributed by atoms with Gasteiger partial charge >= 0.3 is 0 Å². The fraction of sp³-hybridized carbons (Fsp3) is 0.261. The van der Waals surface area contributed by atoms with Gasteiger partial charge in [-0.05, 0) is 92.2 Å². The van der Waals surface area contributed by atoms with Crippen LogP contribution in [-0.2, 0) is 37.3 Å². The van der Waals surface area contributed by atoms with Crippen molar-refractivity contribution in [2.75, 3.05) is 4.90 Å². The van der Waals surface area contributed by atoms with Crippen molar-refractivity contribution in [1.29, 1.82) is 0 Å². The molecular formula is C46H48N3OPt-. The van der Waals surface area contributed by atoms with Gasteiger partial charge in [-0.1, -0.05) is 122 Å². The molecule has 2 aromatic heterocycles. The number of hydrogen-bond donors (Lipinski definition) is 1. The van der Waals surface area contributed by atoms with Crippen LogP contribution in [0.1, 0.15) is 79.0 Å². The van der Waals surface area contributed by atoms with Gasteiger partial charge in [-0.2, -0.15) is 0 Å². The van der Waals surface area contributed by atoms with Crippen molar-refractivity contribution < 1.29 is 26.2 Å². The molecule has 0 aliphatic rings. The summed E-state index contributed by atoms with van der Waals surface area (Å²) in [5.74, 6) is 0.962. The van der Waals surface area contributed by atoms with Gasteiger partial charge in [-0.3, -0.25) is 4.98 Å². The number of pyridine rings is 2. The third kappa shape index (κ3) is 8.51. The number of aromatic hydroxyl groups is 1. The normalized spacial score (nSPS) is 11.9. The van der Waals surface area contributed by atoms with Gasteiger partial charge in [-0.15, -0.1) is 29.8 Å². The Morgan fingerprint density at radius 1 is 0.569 bits per heavy atom. The molecule has 0 amide bonds. The van der Waals surface area contributed by atoms with Crippen molar-refractivity contribution in [2.45, 2.75) is 78.6 Å². The molecule has 0 atom stereocenters. The quantitative estimate of drug-likeness (QED) is 0.170. The van der Waals surface area contributed by atoms with Crippen molar-refractivity contribution in [3.63, 3.8) is 0 Å². The second-order valence-corrected chi connectivity index (χ2v) is 16.2. The van der Waals surface area contributed by atoms with E-state index in [0.29, 0.717) is 0 Å². The third-order valence-corrected chi connectivity index (χ3v) is 9.19. The summed E-state index contributed by atoms with van der Waals surface area (Å²) in [6.07, 6.45) is 1.88. The van der Waals surface area contributed by atoms with Crippen molar-refractivity contribution in [1.82, 2.24) is 9.97 Å². The summed E-state index contributed by atoms with van der Waals surface area (Å²) >= 11 is 0. The fourth-order valence-corrected chi connectivity index (χ4v) is 6.05. The molecule has 264 valence electrons. The number of phenols is 1. The Morgan fingerprint density at radius 3 is 1.82 bits per heavy atom. The van der Waals surface area contributed by atoms with Crippen LogP contribution in [0.3, 0.4) is 0 Å². The minimum atomic E-state index is 0. The standard InChI is InChI=1S/C46H48N3O.Pt/c1-44(2,3)34-20-22-37(23-21-34)49(38-15-12-14-32(28-38)39-16-10-11-18-42(39)50)43-19-13-17-40(48-43)41-29-31(24-25-47-41)33-26-35(45(4,5)6)30-36(27-33)46(7,8)9;/h10-27,29-30,50H,1-9H3;/q-1;. The SMILES string of the molecule is CC(C)(C)c1ccc(N(c2[c-]c(-c3ccccc3O)ccc2)c2cccc(-c3cc(-c4cc(C(C)(C)C)cc(C(C)(C)C)c4)ccn3)n2)cc1.[Pt]. The van der Waals surface area contributed by atoms with Crippen LogP contribution < -0.4 is 4.90 Å². The molecule has 5 heteroatoms. The number of benzene rings is 4. The van der Waals surface area contributed by atoms with Crippen LogP contribution in [0.5, 0.6) is 5.75 Å².